The predicted molar refractivity (Wildman–Crippen MR) is 66.5 cm³/mol. The van der Waals surface area contributed by atoms with Gasteiger partial charge in [-0.3, -0.25) is 0 Å². The van der Waals surface area contributed by atoms with Crippen LogP contribution in [0.3, 0.4) is 0 Å². The number of rotatable bonds is 1. The Hall–Kier alpha value is -2.30. The van der Waals surface area contributed by atoms with E-state index in [0.717, 1.165) is 6.07 Å². The summed E-state index contributed by atoms with van der Waals surface area (Å²) in [5, 5.41) is 0.0900. The third-order valence-corrected chi connectivity index (χ3v) is 2.90. The molecule has 3 aromatic rings. The van der Waals surface area contributed by atoms with Gasteiger partial charge in [0.15, 0.2) is 0 Å². The van der Waals surface area contributed by atoms with Gasteiger partial charge in [0.2, 0.25) is 0 Å². The Labute approximate surface area is 106 Å². The average molecular weight is 262 g/mol. The smallest absolute Gasteiger partial charge is 0.346 e. The van der Waals surface area contributed by atoms with E-state index in [0.29, 0.717) is 11.3 Å². The van der Waals surface area contributed by atoms with E-state index in [-0.39, 0.29) is 11.0 Å². The number of hydrogen-bond donors (Lipinski definition) is 1. The first-order chi connectivity index (χ1) is 9.05. The van der Waals surface area contributed by atoms with Gasteiger partial charge in [-0.15, -0.1) is 0 Å². The van der Waals surface area contributed by atoms with E-state index in [9.17, 15) is 13.2 Å². The second kappa shape index (κ2) is 4.12. The molecule has 2 nitrogen and oxygen atoms in total. The van der Waals surface area contributed by atoms with Crippen LogP contribution < -0.4 is 0 Å². The van der Waals surface area contributed by atoms with E-state index in [2.05, 4.69) is 9.97 Å². The summed E-state index contributed by atoms with van der Waals surface area (Å²) in [6.45, 7) is 0. The van der Waals surface area contributed by atoms with E-state index in [4.69, 9.17) is 0 Å². The molecule has 96 valence electrons. The summed E-state index contributed by atoms with van der Waals surface area (Å²) >= 11 is 0. The number of nitrogens with one attached hydrogen (secondary N) is 1. The highest BCUT2D eigenvalue weighted by Crippen LogP contribution is 2.36. The van der Waals surface area contributed by atoms with Gasteiger partial charge >= 0.3 is 6.18 Å². The van der Waals surface area contributed by atoms with Crippen LogP contribution in [0.4, 0.5) is 13.2 Å². The maximum atomic E-state index is 13.0. The van der Waals surface area contributed by atoms with E-state index in [1.165, 1.54) is 12.3 Å². The number of halogens is 3. The van der Waals surface area contributed by atoms with Gasteiger partial charge in [-0.05, 0) is 12.1 Å². The van der Waals surface area contributed by atoms with Crippen molar-refractivity contribution in [3.8, 4) is 11.3 Å². The van der Waals surface area contributed by atoms with Crippen LogP contribution in [-0.4, -0.2) is 9.97 Å². The van der Waals surface area contributed by atoms with Crippen LogP contribution in [-0.2, 0) is 6.18 Å². The average Bonchev–Trinajstić information content (AvgIpc) is 2.85. The molecule has 0 saturated heterocycles. The summed E-state index contributed by atoms with van der Waals surface area (Å²) in [6, 6.07) is 11.3. The second-order valence-electron chi connectivity index (χ2n) is 4.16. The lowest BCUT2D eigenvalue weighted by Crippen LogP contribution is -2.06. The summed E-state index contributed by atoms with van der Waals surface area (Å²) < 4.78 is 39.1. The molecule has 3 rings (SSSR count). The van der Waals surface area contributed by atoms with Crippen molar-refractivity contribution in [2.75, 3.05) is 0 Å². The normalized spacial score (nSPS) is 11.9. The first-order valence-corrected chi connectivity index (χ1v) is 5.66. The predicted octanol–water partition coefficient (Wildman–Crippen LogP) is 4.25. The van der Waals surface area contributed by atoms with E-state index in [1.54, 1.807) is 30.3 Å². The van der Waals surface area contributed by atoms with E-state index >= 15 is 0 Å². The summed E-state index contributed by atoms with van der Waals surface area (Å²) in [5.74, 6) is 0. The number of benzene rings is 1. The molecule has 1 aromatic carbocycles. The van der Waals surface area contributed by atoms with Crippen molar-refractivity contribution in [1.29, 1.82) is 0 Å². The molecule has 0 spiro atoms. The lowest BCUT2D eigenvalue weighted by Gasteiger charge is -2.10. The molecule has 1 N–H and O–H groups in total. The third kappa shape index (κ3) is 2.07. The number of aromatic nitrogens is 2. The van der Waals surface area contributed by atoms with Crippen molar-refractivity contribution >= 4 is 11.0 Å². The van der Waals surface area contributed by atoms with Crippen LogP contribution in [0.2, 0.25) is 0 Å². The monoisotopic (exact) mass is 262 g/mol. The Bertz CT molecular complexity index is 714. The Kier molecular flexibility index (Phi) is 2.55. The van der Waals surface area contributed by atoms with Crippen LogP contribution in [0, 0.1) is 0 Å². The molecule has 2 heterocycles. The molecule has 0 unspecified atom stereocenters. The SMILES string of the molecule is FC(F)(F)c1cc(-c2ccccc2)nc2[nH]ccc12. The van der Waals surface area contributed by atoms with Crippen molar-refractivity contribution in [2.45, 2.75) is 6.18 Å². The molecule has 19 heavy (non-hydrogen) atoms. The molecular formula is C14H9F3N2. The van der Waals surface area contributed by atoms with Gasteiger partial charge in [-0.25, -0.2) is 4.98 Å². The van der Waals surface area contributed by atoms with E-state index in [1.807, 2.05) is 0 Å². The molecule has 0 amide bonds. The number of nitrogens with zero attached hydrogens (tertiary/aromatic N) is 1. The fourth-order valence-electron chi connectivity index (χ4n) is 2.03. The first-order valence-electron chi connectivity index (χ1n) is 5.66. The topological polar surface area (TPSA) is 28.7 Å². The number of hydrogen-bond acceptors (Lipinski definition) is 1. The maximum Gasteiger partial charge on any atom is 0.417 e. The molecule has 2 aromatic heterocycles. The molecule has 0 atom stereocenters. The van der Waals surface area contributed by atoms with Gasteiger partial charge < -0.3 is 4.98 Å². The number of alkyl halides is 3. The minimum Gasteiger partial charge on any atom is -0.346 e. The minimum absolute atomic E-state index is 0.0900. The van der Waals surface area contributed by atoms with E-state index < -0.39 is 11.7 Å². The standard InChI is InChI=1S/C14H9F3N2/c15-14(16,17)11-8-12(9-4-2-1-3-5-9)19-13-10(11)6-7-18-13/h1-8H,(H,18,19). The van der Waals surface area contributed by atoms with Crippen molar-refractivity contribution in [2.24, 2.45) is 0 Å². The highest BCUT2D eigenvalue weighted by atomic mass is 19.4. The van der Waals surface area contributed by atoms with Crippen molar-refractivity contribution in [3.05, 3.63) is 54.2 Å². The summed E-state index contributed by atoms with van der Waals surface area (Å²) in [7, 11) is 0. The summed E-state index contributed by atoms with van der Waals surface area (Å²) in [4.78, 5) is 6.96. The van der Waals surface area contributed by atoms with Crippen LogP contribution in [0.15, 0.2) is 48.7 Å². The quantitative estimate of drug-likeness (QED) is 0.697. The fourth-order valence-corrected chi connectivity index (χ4v) is 2.03. The molecule has 0 aliphatic heterocycles. The van der Waals surface area contributed by atoms with Crippen molar-refractivity contribution < 1.29 is 13.2 Å². The van der Waals surface area contributed by atoms with Crippen LogP contribution in [0.5, 0.6) is 0 Å². The van der Waals surface area contributed by atoms with Gasteiger partial charge in [0.05, 0.1) is 11.3 Å². The molecule has 0 bridgehead atoms. The largest absolute Gasteiger partial charge is 0.417 e. The Balaban J connectivity index is 2.28. The highest BCUT2D eigenvalue weighted by molar-refractivity contribution is 5.83. The molecular weight excluding hydrogens is 253 g/mol. The zero-order valence-electron chi connectivity index (χ0n) is 9.70. The highest BCUT2D eigenvalue weighted by Gasteiger charge is 2.33. The van der Waals surface area contributed by atoms with Gasteiger partial charge in [-0.1, -0.05) is 30.3 Å². The van der Waals surface area contributed by atoms with Gasteiger partial charge in [0.1, 0.15) is 5.65 Å². The lowest BCUT2D eigenvalue weighted by molar-refractivity contribution is -0.136. The Morgan fingerprint density at radius 1 is 1.00 bits per heavy atom. The zero-order chi connectivity index (χ0) is 13.5. The second-order valence-corrected chi connectivity index (χ2v) is 4.16. The van der Waals surface area contributed by atoms with Crippen molar-refractivity contribution in [1.82, 2.24) is 9.97 Å². The number of aromatic amines is 1. The number of fused-ring (bicyclic) bond motifs is 1. The lowest BCUT2D eigenvalue weighted by atomic mass is 10.1. The van der Waals surface area contributed by atoms with Crippen LogP contribution in [0.25, 0.3) is 22.3 Å². The molecule has 0 saturated carbocycles. The Morgan fingerprint density at radius 3 is 2.42 bits per heavy atom. The zero-order valence-corrected chi connectivity index (χ0v) is 9.70. The van der Waals surface area contributed by atoms with Gasteiger partial charge in [0, 0.05) is 17.1 Å². The van der Waals surface area contributed by atoms with Gasteiger partial charge in [0.25, 0.3) is 0 Å². The first kappa shape index (κ1) is 11.8. The van der Waals surface area contributed by atoms with Crippen LogP contribution >= 0.6 is 0 Å². The van der Waals surface area contributed by atoms with Crippen LogP contribution in [0.1, 0.15) is 5.56 Å². The molecule has 5 heteroatoms. The molecule has 0 fully saturated rings. The summed E-state index contributed by atoms with van der Waals surface area (Å²) in [6.07, 6.45) is -2.94. The molecule has 0 radical (unpaired) electrons. The number of pyridine rings is 1. The summed E-state index contributed by atoms with van der Waals surface area (Å²) in [5.41, 5.74) is 0.540. The third-order valence-electron chi connectivity index (χ3n) is 2.90. The fraction of sp³-hybridized carbons (Fsp3) is 0.0714. The Morgan fingerprint density at radius 2 is 1.74 bits per heavy atom. The minimum atomic E-state index is -4.40. The van der Waals surface area contributed by atoms with Crippen molar-refractivity contribution in [3.63, 3.8) is 0 Å². The molecule has 0 aliphatic carbocycles. The molecule has 0 aliphatic rings. The number of H-pyrrole nitrogens is 1. The van der Waals surface area contributed by atoms with Gasteiger partial charge in [-0.2, -0.15) is 13.2 Å². The maximum absolute atomic E-state index is 13.0.